The fourth-order valence-corrected chi connectivity index (χ4v) is 1.24. The van der Waals surface area contributed by atoms with E-state index in [1.807, 2.05) is 6.07 Å². The van der Waals surface area contributed by atoms with Crippen LogP contribution in [0, 0.1) is 0 Å². The first kappa shape index (κ1) is 8.53. The fourth-order valence-electron chi connectivity index (χ4n) is 0.986. The quantitative estimate of drug-likeness (QED) is 0.509. The van der Waals surface area contributed by atoms with Crippen LogP contribution in [0.5, 0.6) is 0 Å². The van der Waals surface area contributed by atoms with Crippen molar-refractivity contribution < 1.29 is 0 Å². The van der Waals surface area contributed by atoms with E-state index in [1.165, 1.54) is 5.56 Å². The molecule has 3 radical (unpaired) electrons. The van der Waals surface area contributed by atoms with Crippen molar-refractivity contribution in [2.75, 3.05) is 0 Å². The summed E-state index contributed by atoms with van der Waals surface area (Å²) in [6, 6.07) is 8.44. The largest absolute Gasteiger partial charge is 0.0711 e. The first-order valence-corrected chi connectivity index (χ1v) is 4.32. The summed E-state index contributed by atoms with van der Waals surface area (Å²) < 4.78 is 0. The molecular formula is C10H13Si. The SMILES string of the molecule is CC(C)(C)c1cccc([Si])c1. The Bertz CT molecular complexity index is 245. The van der Waals surface area contributed by atoms with Crippen molar-refractivity contribution in [2.24, 2.45) is 0 Å². The first-order valence-electron chi connectivity index (χ1n) is 3.82. The van der Waals surface area contributed by atoms with Crippen molar-refractivity contribution in [1.82, 2.24) is 0 Å². The lowest BCUT2D eigenvalue weighted by Gasteiger charge is -2.19. The highest BCUT2D eigenvalue weighted by molar-refractivity contribution is 6.32. The van der Waals surface area contributed by atoms with Crippen LogP contribution in [0.25, 0.3) is 0 Å². The molecule has 0 nitrogen and oxygen atoms in total. The average molecular weight is 161 g/mol. The molecule has 0 bridgehead atoms. The predicted octanol–water partition coefficient (Wildman–Crippen LogP) is 1.78. The minimum atomic E-state index is 0.253. The van der Waals surface area contributed by atoms with Crippen molar-refractivity contribution in [2.45, 2.75) is 26.2 Å². The van der Waals surface area contributed by atoms with Crippen molar-refractivity contribution >= 4 is 15.4 Å². The van der Waals surface area contributed by atoms with Gasteiger partial charge >= 0.3 is 0 Å². The van der Waals surface area contributed by atoms with Gasteiger partial charge in [-0.05, 0) is 11.0 Å². The summed E-state index contributed by atoms with van der Waals surface area (Å²) in [6.45, 7) is 6.65. The highest BCUT2D eigenvalue weighted by atomic mass is 28.1. The number of benzene rings is 1. The number of hydrogen-bond acceptors (Lipinski definition) is 0. The van der Waals surface area contributed by atoms with Gasteiger partial charge in [0, 0.05) is 0 Å². The Morgan fingerprint density at radius 2 is 1.82 bits per heavy atom. The minimum Gasteiger partial charge on any atom is -0.0671 e. The molecule has 0 aliphatic carbocycles. The lowest BCUT2D eigenvalue weighted by molar-refractivity contribution is 0.591. The lowest BCUT2D eigenvalue weighted by Crippen LogP contribution is -2.14. The second-order valence-electron chi connectivity index (χ2n) is 3.83. The van der Waals surface area contributed by atoms with E-state index in [4.69, 9.17) is 0 Å². The molecule has 1 rings (SSSR count). The Kier molecular flexibility index (Phi) is 2.19. The van der Waals surface area contributed by atoms with Crippen LogP contribution >= 0.6 is 0 Å². The summed E-state index contributed by atoms with van der Waals surface area (Å²) in [7, 11) is 3.50. The molecule has 57 valence electrons. The third kappa shape index (κ3) is 2.19. The summed E-state index contributed by atoms with van der Waals surface area (Å²) in [6.07, 6.45) is 0. The van der Waals surface area contributed by atoms with E-state index in [9.17, 15) is 0 Å². The Morgan fingerprint density at radius 1 is 1.18 bits per heavy atom. The van der Waals surface area contributed by atoms with E-state index in [-0.39, 0.29) is 5.41 Å². The van der Waals surface area contributed by atoms with Gasteiger partial charge in [0.2, 0.25) is 0 Å². The van der Waals surface area contributed by atoms with E-state index >= 15 is 0 Å². The van der Waals surface area contributed by atoms with Crippen molar-refractivity contribution in [3.05, 3.63) is 29.8 Å². The maximum absolute atomic E-state index is 3.50. The Balaban J connectivity index is 3.06. The van der Waals surface area contributed by atoms with E-state index in [0.717, 1.165) is 5.19 Å². The van der Waals surface area contributed by atoms with Gasteiger partial charge < -0.3 is 0 Å². The van der Waals surface area contributed by atoms with E-state index < -0.39 is 0 Å². The second kappa shape index (κ2) is 2.82. The molecule has 0 N–H and O–H groups in total. The normalized spacial score (nSPS) is 11.6. The molecule has 0 aliphatic heterocycles. The zero-order valence-corrected chi connectivity index (χ0v) is 8.31. The topological polar surface area (TPSA) is 0 Å². The third-order valence-corrected chi connectivity index (χ3v) is 2.04. The molecule has 0 aromatic heterocycles. The molecule has 11 heavy (non-hydrogen) atoms. The summed E-state index contributed by atoms with van der Waals surface area (Å²) in [4.78, 5) is 0. The maximum Gasteiger partial charge on any atom is 0.0711 e. The maximum atomic E-state index is 3.50. The highest BCUT2D eigenvalue weighted by Gasteiger charge is 2.12. The molecule has 0 aliphatic rings. The van der Waals surface area contributed by atoms with Gasteiger partial charge in [-0.25, -0.2) is 0 Å². The molecule has 1 aromatic rings. The first-order chi connectivity index (χ1) is 5.00. The van der Waals surface area contributed by atoms with Crippen LogP contribution in [0.4, 0.5) is 0 Å². The van der Waals surface area contributed by atoms with Crippen LogP contribution in [-0.2, 0) is 5.41 Å². The summed E-state index contributed by atoms with van der Waals surface area (Å²) in [5, 5.41) is 1.15. The van der Waals surface area contributed by atoms with Crippen LogP contribution < -0.4 is 5.19 Å². The molecule has 0 saturated heterocycles. The smallest absolute Gasteiger partial charge is 0.0671 e. The predicted molar refractivity (Wildman–Crippen MR) is 50.5 cm³/mol. The van der Waals surface area contributed by atoms with Crippen LogP contribution in [-0.4, -0.2) is 10.2 Å². The Morgan fingerprint density at radius 3 is 2.18 bits per heavy atom. The van der Waals surface area contributed by atoms with E-state index in [1.54, 1.807) is 0 Å². The fraction of sp³-hybridized carbons (Fsp3) is 0.400. The van der Waals surface area contributed by atoms with E-state index in [0.29, 0.717) is 0 Å². The average Bonchev–Trinajstić information content (AvgIpc) is 1.86. The molecule has 1 heteroatoms. The Hall–Kier alpha value is -0.563. The van der Waals surface area contributed by atoms with Gasteiger partial charge in [-0.3, -0.25) is 0 Å². The zero-order valence-electron chi connectivity index (χ0n) is 7.31. The summed E-state index contributed by atoms with van der Waals surface area (Å²) in [5.74, 6) is 0. The monoisotopic (exact) mass is 161 g/mol. The minimum absolute atomic E-state index is 0.253. The molecule has 1 aromatic carbocycles. The molecule has 0 atom stereocenters. The molecule has 0 saturated carbocycles. The van der Waals surface area contributed by atoms with Gasteiger partial charge in [-0.1, -0.05) is 50.2 Å². The molecule has 0 amide bonds. The van der Waals surface area contributed by atoms with Gasteiger partial charge in [0.15, 0.2) is 0 Å². The van der Waals surface area contributed by atoms with Gasteiger partial charge in [-0.2, -0.15) is 0 Å². The van der Waals surface area contributed by atoms with Crippen LogP contribution in [0.1, 0.15) is 26.3 Å². The van der Waals surface area contributed by atoms with Crippen LogP contribution in [0.15, 0.2) is 24.3 Å². The third-order valence-electron chi connectivity index (χ3n) is 1.73. The molecule has 0 fully saturated rings. The standard InChI is InChI=1S/C10H13Si/c1-10(2,3)8-5-4-6-9(11)7-8/h4-7H,1-3H3. The highest BCUT2D eigenvalue weighted by Crippen LogP contribution is 2.20. The second-order valence-corrected chi connectivity index (χ2v) is 4.41. The number of rotatable bonds is 0. The van der Waals surface area contributed by atoms with Crippen LogP contribution in [0.3, 0.4) is 0 Å². The Labute approximate surface area is 72.1 Å². The molecular weight excluding hydrogens is 148 g/mol. The summed E-state index contributed by atoms with van der Waals surface area (Å²) >= 11 is 0. The van der Waals surface area contributed by atoms with Crippen molar-refractivity contribution in [1.29, 1.82) is 0 Å². The summed E-state index contributed by atoms with van der Waals surface area (Å²) in [5.41, 5.74) is 1.62. The number of hydrogen-bond donors (Lipinski definition) is 0. The van der Waals surface area contributed by atoms with Gasteiger partial charge in [-0.15, -0.1) is 0 Å². The molecule has 0 unspecified atom stereocenters. The van der Waals surface area contributed by atoms with Crippen molar-refractivity contribution in [3.8, 4) is 0 Å². The lowest BCUT2D eigenvalue weighted by atomic mass is 9.87. The van der Waals surface area contributed by atoms with Crippen LogP contribution in [0.2, 0.25) is 0 Å². The molecule has 0 spiro atoms. The van der Waals surface area contributed by atoms with Gasteiger partial charge in [0.1, 0.15) is 0 Å². The van der Waals surface area contributed by atoms with E-state index in [2.05, 4.69) is 49.2 Å². The van der Waals surface area contributed by atoms with Crippen molar-refractivity contribution in [3.63, 3.8) is 0 Å². The molecule has 0 heterocycles. The van der Waals surface area contributed by atoms with Gasteiger partial charge in [0.25, 0.3) is 0 Å². The van der Waals surface area contributed by atoms with Gasteiger partial charge in [0.05, 0.1) is 10.2 Å². The zero-order chi connectivity index (χ0) is 8.48.